The van der Waals surface area contributed by atoms with E-state index in [2.05, 4.69) is 10.6 Å². The van der Waals surface area contributed by atoms with Gasteiger partial charge in [-0.15, -0.1) is 0 Å². The molecule has 0 spiro atoms. The zero-order chi connectivity index (χ0) is 19.6. The van der Waals surface area contributed by atoms with Crippen LogP contribution in [-0.4, -0.2) is 48.6 Å². The lowest BCUT2D eigenvalue weighted by molar-refractivity contribution is -0.137. The lowest BCUT2D eigenvalue weighted by Gasteiger charge is -2.31. The highest BCUT2D eigenvalue weighted by Gasteiger charge is 2.31. The number of carbonyl (C=O) groups excluding carboxylic acids is 2. The summed E-state index contributed by atoms with van der Waals surface area (Å²) in [6, 6.07) is 3.74. The predicted molar refractivity (Wildman–Crippen MR) is 88.9 cm³/mol. The summed E-state index contributed by atoms with van der Waals surface area (Å²) in [6.45, 7) is -0.148. The van der Waals surface area contributed by atoms with E-state index in [-0.39, 0.29) is 43.9 Å². The summed E-state index contributed by atoms with van der Waals surface area (Å²) in [5.41, 5.74) is 0.483. The third-order valence-corrected chi connectivity index (χ3v) is 4.95. The van der Waals surface area contributed by atoms with Gasteiger partial charge in [0.15, 0.2) is 11.6 Å². The van der Waals surface area contributed by atoms with Gasteiger partial charge in [0.25, 0.3) is 0 Å². The van der Waals surface area contributed by atoms with E-state index < -0.39 is 35.7 Å². The second kappa shape index (κ2) is 7.96. The first kappa shape index (κ1) is 19.2. The monoisotopic (exact) mass is 380 g/mol. The van der Waals surface area contributed by atoms with Gasteiger partial charge < -0.3 is 15.5 Å². The molecule has 2 aliphatic heterocycles. The summed E-state index contributed by atoms with van der Waals surface area (Å²) < 4.78 is 41.3. The van der Waals surface area contributed by atoms with Crippen LogP contribution < -0.4 is 10.6 Å². The van der Waals surface area contributed by atoms with E-state index in [9.17, 15) is 22.8 Å². The fraction of sp³-hybridized carbons (Fsp3) is 0.500. The van der Waals surface area contributed by atoms with Crippen LogP contribution in [0.5, 0.6) is 0 Å². The maximum atomic E-state index is 14.0. The van der Waals surface area contributed by atoms with Crippen LogP contribution in [0.1, 0.15) is 17.5 Å². The van der Waals surface area contributed by atoms with Crippen LogP contribution in [0.2, 0.25) is 0 Å². The summed E-state index contributed by atoms with van der Waals surface area (Å²) in [6.07, 6.45) is -1.26. The van der Waals surface area contributed by atoms with E-state index in [0.29, 0.717) is 12.1 Å². The van der Waals surface area contributed by atoms with Gasteiger partial charge in [0.1, 0.15) is 6.17 Å². The van der Waals surface area contributed by atoms with Gasteiger partial charge in [-0.25, -0.2) is 13.2 Å². The number of nitrogens with one attached hydrogen (secondary N) is 2. The van der Waals surface area contributed by atoms with Crippen molar-refractivity contribution in [2.24, 2.45) is 5.92 Å². The van der Waals surface area contributed by atoms with E-state index in [1.807, 2.05) is 6.07 Å². The summed E-state index contributed by atoms with van der Waals surface area (Å²) in [4.78, 5) is 25.4. The fourth-order valence-corrected chi connectivity index (χ4v) is 3.36. The molecule has 2 aliphatic rings. The van der Waals surface area contributed by atoms with Crippen LogP contribution in [0.3, 0.4) is 0 Å². The lowest BCUT2D eigenvalue weighted by Crippen LogP contribution is -2.53. The second-order valence-electron chi connectivity index (χ2n) is 6.82. The Balaban J connectivity index is 1.54. The molecular formula is C18H19F3N4O2. The highest BCUT2D eigenvalue weighted by molar-refractivity contribution is 5.87. The zero-order valence-corrected chi connectivity index (χ0v) is 14.5. The van der Waals surface area contributed by atoms with Crippen molar-refractivity contribution >= 4 is 11.8 Å². The normalized spacial score (nSPS) is 24.9. The van der Waals surface area contributed by atoms with E-state index in [4.69, 9.17) is 5.26 Å². The second-order valence-corrected chi connectivity index (χ2v) is 6.82. The number of piperidine rings is 1. The Hall–Kier alpha value is -2.60. The number of hydrogen-bond acceptors (Lipinski definition) is 4. The predicted octanol–water partition coefficient (Wildman–Crippen LogP) is 0.805. The molecule has 6 nitrogen and oxygen atoms in total. The van der Waals surface area contributed by atoms with Gasteiger partial charge in [0.05, 0.1) is 31.0 Å². The summed E-state index contributed by atoms with van der Waals surface area (Å²) in [7, 11) is 0. The topological polar surface area (TPSA) is 85.2 Å². The molecule has 27 heavy (non-hydrogen) atoms. The van der Waals surface area contributed by atoms with Crippen LogP contribution in [0.15, 0.2) is 12.1 Å². The first-order valence-corrected chi connectivity index (χ1v) is 8.66. The van der Waals surface area contributed by atoms with Crippen LogP contribution in [0.25, 0.3) is 0 Å². The molecule has 3 atom stereocenters. The Labute approximate surface area is 154 Å². The number of benzene rings is 1. The molecule has 1 saturated heterocycles. The summed E-state index contributed by atoms with van der Waals surface area (Å²) >= 11 is 0. The molecule has 0 radical (unpaired) electrons. The molecule has 3 rings (SSSR count). The quantitative estimate of drug-likeness (QED) is 0.810. The number of carbonyl (C=O) groups is 2. The van der Waals surface area contributed by atoms with Gasteiger partial charge in [0.2, 0.25) is 11.8 Å². The van der Waals surface area contributed by atoms with Crippen LogP contribution in [-0.2, 0) is 22.6 Å². The van der Waals surface area contributed by atoms with Crippen molar-refractivity contribution < 1.29 is 22.8 Å². The average Bonchev–Trinajstić information content (AvgIpc) is 2.65. The van der Waals surface area contributed by atoms with Crippen molar-refractivity contribution in [3.8, 4) is 6.07 Å². The molecule has 9 heteroatoms. The van der Waals surface area contributed by atoms with Gasteiger partial charge in [0, 0.05) is 25.2 Å². The van der Waals surface area contributed by atoms with Crippen molar-refractivity contribution in [2.45, 2.75) is 31.6 Å². The van der Waals surface area contributed by atoms with Crippen LogP contribution in [0.4, 0.5) is 13.2 Å². The van der Waals surface area contributed by atoms with Gasteiger partial charge in [-0.1, -0.05) is 6.07 Å². The minimum atomic E-state index is -1.26. The van der Waals surface area contributed by atoms with Crippen molar-refractivity contribution in [1.82, 2.24) is 15.5 Å². The van der Waals surface area contributed by atoms with Crippen molar-refractivity contribution in [2.75, 3.05) is 19.6 Å². The first-order chi connectivity index (χ1) is 12.9. The molecule has 0 saturated carbocycles. The standard InChI is InChI=1S/C18H19F3N4O2/c19-13-2-1-11-4-17(27)25(8-12(11)18(13)21)9-16(26)24-7-15-14(20)3-10(5-22)6-23-15/h1-2,10,14-15,23H,3-4,6-9H2,(H,24,26). The Morgan fingerprint density at radius 1 is 1.41 bits per heavy atom. The highest BCUT2D eigenvalue weighted by atomic mass is 19.2. The third kappa shape index (κ3) is 4.22. The molecule has 2 heterocycles. The number of hydrogen-bond donors (Lipinski definition) is 2. The van der Waals surface area contributed by atoms with E-state index in [0.717, 1.165) is 11.0 Å². The van der Waals surface area contributed by atoms with Crippen molar-refractivity contribution in [3.63, 3.8) is 0 Å². The fourth-order valence-electron chi connectivity index (χ4n) is 3.36. The van der Waals surface area contributed by atoms with Gasteiger partial charge in [-0.05, 0) is 18.1 Å². The number of fused-ring (bicyclic) bond motifs is 1. The Morgan fingerprint density at radius 3 is 2.89 bits per heavy atom. The summed E-state index contributed by atoms with van der Waals surface area (Å²) in [5.74, 6) is -3.28. The average molecular weight is 380 g/mol. The molecule has 2 N–H and O–H groups in total. The van der Waals surface area contributed by atoms with Crippen molar-refractivity contribution in [1.29, 1.82) is 5.26 Å². The molecule has 2 amide bonds. The lowest BCUT2D eigenvalue weighted by atomic mass is 9.94. The van der Waals surface area contributed by atoms with Crippen molar-refractivity contribution in [3.05, 3.63) is 34.9 Å². The molecule has 144 valence electrons. The molecular weight excluding hydrogens is 361 g/mol. The van der Waals surface area contributed by atoms with Crippen LogP contribution in [0, 0.1) is 28.9 Å². The Kier molecular flexibility index (Phi) is 5.65. The number of alkyl halides is 1. The Bertz CT molecular complexity index is 796. The summed E-state index contributed by atoms with van der Waals surface area (Å²) in [5, 5.41) is 14.2. The highest BCUT2D eigenvalue weighted by Crippen LogP contribution is 2.24. The minimum absolute atomic E-state index is 0.0136. The number of nitriles is 1. The molecule has 1 aromatic rings. The van der Waals surface area contributed by atoms with E-state index in [1.165, 1.54) is 6.07 Å². The van der Waals surface area contributed by atoms with Gasteiger partial charge in [-0.2, -0.15) is 5.26 Å². The van der Waals surface area contributed by atoms with Gasteiger partial charge in [-0.3, -0.25) is 9.59 Å². The molecule has 0 aliphatic carbocycles. The van der Waals surface area contributed by atoms with Crippen LogP contribution >= 0.6 is 0 Å². The number of amides is 2. The molecule has 0 bridgehead atoms. The Morgan fingerprint density at radius 2 is 2.19 bits per heavy atom. The number of halogens is 3. The molecule has 1 fully saturated rings. The maximum absolute atomic E-state index is 14.0. The molecule has 0 aromatic heterocycles. The zero-order valence-electron chi connectivity index (χ0n) is 14.5. The number of rotatable bonds is 4. The maximum Gasteiger partial charge on any atom is 0.239 e. The van der Waals surface area contributed by atoms with Gasteiger partial charge >= 0.3 is 0 Å². The number of nitrogens with zero attached hydrogens (tertiary/aromatic N) is 2. The van der Waals surface area contributed by atoms with E-state index >= 15 is 0 Å². The SMILES string of the molecule is N#CC1CNC(CNC(=O)CN2Cc3c(ccc(F)c3F)CC2=O)C(F)C1. The first-order valence-electron chi connectivity index (χ1n) is 8.66. The third-order valence-electron chi connectivity index (χ3n) is 4.95. The smallest absolute Gasteiger partial charge is 0.239 e. The molecule has 1 aromatic carbocycles. The minimum Gasteiger partial charge on any atom is -0.353 e. The largest absolute Gasteiger partial charge is 0.353 e. The van der Waals surface area contributed by atoms with E-state index in [1.54, 1.807) is 0 Å². The molecule has 3 unspecified atom stereocenters.